The molecule has 2 N–H and O–H groups in total. The first-order valence-corrected chi connectivity index (χ1v) is 3.63. The van der Waals surface area contributed by atoms with Crippen molar-refractivity contribution in [3.05, 3.63) is 0 Å². The van der Waals surface area contributed by atoms with Crippen LogP contribution < -0.4 is 20.4 Å². The van der Waals surface area contributed by atoms with E-state index >= 15 is 0 Å². The zero-order valence-corrected chi connectivity index (χ0v) is 11.8. The fourth-order valence-corrected chi connectivity index (χ4v) is 0. The van der Waals surface area contributed by atoms with Gasteiger partial charge >= 0.3 is 21.7 Å². The first-order chi connectivity index (χ1) is 6.93. The zero-order chi connectivity index (χ0) is 14.3. The maximum absolute atomic E-state index is 8.89. The second-order valence-electron chi connectivity index (χ2n) is 1.97. The number of hydrogen-bond acceptors (Lipinski definition) is 8. The van der Waals surface area contributed by atoms with Gasteiger partial charge in [-0.25, -0.2) is 0 Å². The Morgan fingerprint density at radius 1 is 0.556 bits per heavy atom. The second kappa shape index (κ2) is 29.6. The van der Waals surface area contributed by atoms with E-state index in [0.717, 1.165) is 27.7 Å². The van der Waals surface area contributed by atoms with Crippen molar-refractivity contribution in [2.24, 2.45) is 0 Å². The summed E-state index contributed by atoms with van der Waals surface area (Å²) in [6.07, 6.45) is 0. The van der Waals surface area contributed by atoms with Gasteiger partial charge in [0.05, 0.1) is 0 Å². The van der Waals surface area contributed by atoms with E-state index in [0.29, 0.717) is 0 Å². The minimum atomic E-state index is -1.08. The maximum atomic E-state index is 8.89. The minimum absolute atomic E-state index is 0. The van der Waals surface area contributed by atoms with E-state index in [1.807, 2.05) is 0 Å². The second-order valence-corrected chi connectivity index (χ2v) is 1.97. The molecular weight excluding hydrogens is 288 g/mol. The summed E-state index contributed by atoms with van der Waals surface area (Å²) in [5.41, 5.74) is 0. The van der Waals surface area contributed by atoms with Gasteiger partial charge in [-0.05, 0) is 27.7 Å². The van der Waals surface area contributed by atoms with Crippen LogP contribution in [-0.2, 0) is 40.9 Å². The van der Waals surface area contributed by atoms with Gasteiger partial charge in [0, 0.05) is 23.9 Å². The molecule has 0 saturated heterocycles. The number of carbonyl (C=O) groups is 4. The van der Waals surface area contributed by atoms with E-state index in [9.17, 15) is 0 Å². The van der Waals surface area contributed by atoms with Crippen LogP contribution in [0.5, 0.6) is 0 Å². The Hall–Kier alpha value is -1.45. The first-order valence-electron chi connectivity index (χ1n) is 3.63. The summed E-state index contributed by atoms with van der Waals surface area (Å²) in [5, 5.41) is 35.6. The number of rotatable bonds is 0. The van der Waals surface area contributed by atoms with Gasteiger partial charge in [0.25, 0.3) is 0 Å². The van der Waals surface area contributed by atoms with Crippen LogP contribution in [0.4, 0.5) is 0 Å². The van der Waals surface area contributed by atoms with Crippen molar-refractivity contribution >= 4 is 23.9 Å². The number of carboxylic acids is 4. The van der Waals surface area contributed by atoms with Crippen molar-refractivity contribution in [1.82, 2.24) is 0 Å². The summed E-state index contributed by atoms with van der Waals surface area (Å²) < 4.78 is 0. The Labute approximate surface area is 119 Å². The Morgan fingerprint density at radius 2 is 0.556 bits per heavy atom. The van der Waals surface area contributed by atoms with E-state index in [1.54, 1.807) is 0 Å². The number of carboxylic acid groups (broad SMARTS) is 4. The summed E-state index contributed by atoms with van der Waals surface area (Å²) in [6, 6.07) is 0. The molecule has 0 spiro atoms. The van der Waals surface area contributed by atoms with Crippen LogP contribution in [0, 0.1) is 0 Å². The molecule has 0 rings (SSSR count). The fraction of sp³-hybridized carbons (Fsp3) is 0.500. The predicted octanol–water partition coefficient (Wildman–Crippen LogP) is -5.80. The zero-order valence-electron chi connectivity index (χ0n) is 10.3. The smallest absolute Gasteiger partial charge is 0.550 e. The van der Waals surface area contributed by atoms with Gasteiger partial charge in [-0.1, -0.05) is 0 Å². The minimum Gasteiger partial charge on any atom is -0.550 e. The molecule has 0 fully saturated rings. The van der Waals surface area contributed by atoms with Gasteiger partial charge in [-0.3, -0.25) is 0 Å². The van der Waals surface area contributed by atoms with Crippen molar-refractivity contribution in [1.29, 1.82) is 0 Å². The molecule has 0 unspecified atom stereocenters. The average Bonchev–Trinajstić information content (AvgIpc) is 1.76. The van der Waals surface area contributed by atoms with Crippen LogP contribution in [0.15, 0.2) is 0 Å². The van der Waals surface area contributed by atoms with Gasteiger partial charge in [-0.15, -0.1) is 0 Å². The van der Waals surface area contributed by atoms with Crippen LogP contribution in [0.1, 0.15) is 27.7 Å². The Balaban J connectivity index is -0.0000000257. The van der Waals surface area contributed by atoms with Crippen molar-refractivity contribution in [3.63, 3.8) is 0 Å². The van der Waals surface area contributed by atoms with Crippen LogP contribution in [0.2, 0.25) is 0 Å². The molecule has 0 aromatic rings. The molecule has 0 saturated carbocycles. The molecule has 0 bridgehead atoms. The summed E-state index contributed by atoms with van der Waals surface area (Å²) in [7, 11) is 0. The van der Waals surface area contributed by atoms with Gasteiger partial charge in [0.15, 0.2) is 0 Å². The predicted molar refractivity (Wildman–Crippen MR) is 46.3 cm³/mol. The van der Waals surface area contributed by atoms with Crippen molar-refractivity contribution in [2.45, 2.75) is 27.7 Å². The van der Waals surface area contributed by atoms with Gasteiger partial charge < -0.3 is 45.1 Å². The largest absolute Gasteiger partial charge is 4.00 e. The number of carbonyl (C=O) groups excluding carboxylic acids is 4. The number of hydrogen-bond donors (Lipinski definition) is 0. The van der Waals surface area contributed by atoms with Crippen LogP contribution in [0.3, 0.4) is 0 Å². The SMILES string of the molecule is CC(=O)[O-].CC(=O)[O-].CC(=O)[O-].CC(=O)[O-].O.[Ti+4]. The molecule has 9 nitrogen and oxygen atoms in total. The van der Waals surface area contributed by atoms with Crippen molar-refractivity contribution in [3.8, 4) is 0 Å². The molecule has 0 aliphatic rings. The molecule has 0 heterocycles. The molecule has 0 aliphatic heterocycles. The van der Waals surface area contributed by atoms with Gasteiger partial charge in [0.1, 0.15) is 0 Å². The molecular formula is C8H14O9Ti. The van der Waals surface area contributed by atoms with E-state index in [4.69, 9.17) is 39.6 Å². The molecule has 0 atom stereocenters. The summed E-state index contributed by atoms with van der Waals surface area (Å²) in [6.45, 7) is 3.89. The van der Waals surface area contributed by atoms with Crippen molar-refractivity contribution < 1.29 is 66.8 Å². The third-order valence-corrected chi connectivity index (χ3v) is 0. The van der Waals surface area contributed by atoms with Crippen LogP contribution in [0.25, 0.3) is 0 Å². The van der Waals surface area contributed by atoms with E-state index < -0.39 is 23.9 Å². The molecule has 0 amide bonds. The molecule has 0 aromatic carbocycles. The Morgan fingerprint density at radius 3 is 0.556 bits per heavy atom. The van der Waals surface area contributed by atoms with Crippen LogP contribution >= 0.6 is 0 Å². The van der Waals surface area contributed by atoms with Crippen molar-refractivity contribution in [2.75, 3.05) is 0 Å². The maximum Gasteiger partial charge on any atom is 4.00 e. The summed E-state index contributed by atoms with van der Waals surface area (Å²) >= 11 is 0. The molecule has 10 heteroatoms. The first kappa shape index (κ1) is 36.0. The topological polar surface area (TPSA) is 192 Å². The van der Waals surface area contributed by atoms with E-state index in [2.05, 4.69) is 0 Å². The Kier molecular flexibility index (Phi) is 59.1. The average molecular weight is 302 g/mol. The molecule has 0 aliphatic carbocycles. The number of aliphatic carboxylic acids is 4. The van der Waals surface area contributed by atoms with Crippen LogP contribution in [-0.4, -0.2) is 29.4 Å². The quantitative estimate of drug-likeness (QED) is 0.394. The fourth-order valence-electron chi connectivity index (χ4n) is 0. The monoisotopic (exact) mass is 302 g/mol. The van der Waals surface area contributed by atoms with E-state index in [-0.39, 0.29) is 27.2 Å². The molecule has 0 radical (unpaired) electrons. The third kappa shape index (κ3) is 1280. The summed E-state index contributed by atoms with van der Waals surface area (Å²) in [4.78, 5) is 35.6. The Bertz CT molecular complexity index is 163. The molecule has 0 aromatic heterocycles. The van der Waals surface area contributed by atoms with Gasteiger partial charge in [-0.2, -0.15) is 0 Å². The molecule has 104 valence electrons. The summed E-state index contributed by atoms with van der Waals surface area (Å²) in [5.74, 6) is -4.33. The van der Waals surface area contributed by atoms with Gasteiger partial charge in [0.2, 0.25) is 0 Å². The third-order valence-electron chi connectivity index (χ3n) is 0. The standard InChI is InChI=1S/4C2H4O2.H2O.Ti/c4*1-2(3)4;;/h4*1H3,(H,3,4);1H2;/q;;;;;+4/p-4. The normalized spacial score (nSPS) is 5.56. The van der Waals surface area contributed by atoms with E-state index in [1.165, 1.54) is 0 Å². The molecule has 18 heavy (non-hydrogen) atoms.